The summed E-state index contributed by atoms with van der Waals surface area (Å²) in [4.78, 5) is 58.3. The van der Waals surface area contributed by atoms with Crippen LogP contribution in [0, 0.1) is 11.8 Å². The number of anilines is 1. The number of nitrogens with zero attached hydrogens (tertiary/aromatic N) is 3. The molecule has 0 spiro atoms. The Morgan fingerprint density at radius 1 is 1.00 bits per heavy atom. The van der Waals surface area contributed by atoms with E-state index < -0.39 is 12.1 Å². The summed E-state index contributed by atoms with van der Waals surface area (Å²) in [5.41, 5.74) is 1.47. The fourth-order valence-electron chi connectivity index (χ4n) is 6.19. The number of ketones is 1. The molecule has 8 nitrogen and oxygen atoms in total. The highest BCUT2D eigenvalue weighted by molar-refractivity contribution is 6.01. The lowest BCUT2D eigenvalue weighted by Gasteiger charge is -2.29. The number of nitrogens with one attached hydrogen (secondary N) is 1. The summed E-state index contributed by atoms with van der Waals surface area (Å²) in [5, 5.41) is 2.94. The lowest BCUT2D eigenvalue weighted by Crippen LogP contribution is -2.53. The number of amides is 3. The van der Waals surface area contributed by atoms with Crippen LogP contribution in [0.2, 0.25) is 0 Å². The highest BCUT2D eigenvalue weighted by Gasteiger charge is 2.52. The van der Waals surface area contributed by atoms with Crippen molar-refractivity contribution in [2.45, 2.75) is 83.3 Å². The third kappa shape index (κ3) is 6.16. The first-order valence-electron chi connectivity index (χ1n) is 13.9. The molecule has 2 aliphatic heterocycles. The van der Waals surface area contributed by atoms with Crippen LogP contribution in [-0.4, -0.2) is 78.6 Å². The molecule has 0 bridgehead atoms. The van der Waals surface area contributed by atoms with Crippen LogP contribution in [0.4, 0.5) is 5.69 Å². The molecule has 3 aliphatic rings. The summed E-state index contributed by atoms with van der Waals surface area (Å²) in [6.07, 6.45) is 7.34. The topological polar surface area (TPSA) is 90.0 Å². The summed E-state index contributed by atoms with van der Waals surface area (Å²) in [6.45, 7) is 4.54. The molecule has 3 atom stereocenters. The van der Waals surface area contributed by atoms with E-state index in [9.17, 15) is 19.2 Å². The zero-order valence-electron chi connectivity index (χ0n) is 22.7. The lowest BCUT2D eigenvalue weighted by molar-refractivity contribution is -0.138. The van der Waals surface area contributed by atoms with Gasteiger partial charge in [0.1, 0.15) is 12.1 Å². The highest BCUT2D eigenvalue weighted by Crippen LogP contribution is 2.33. The Balaban J connectivity index is 1.43. The minimum Gasteiger partial charge on any atom is -0.378 e. The molecule has 2 heterocycles. The first-order chi connectivity index (χ1) is 17.7. The van der Waals surface area contributed by atoms with Crippen molar-refractivity contribution in [2.75, 3.05) is 32.1 Å². The lowest BCUT2D eigenvalue weighted by atomic mass is 9.86. The molecule has 0 aromatic heterocycles. The molecule has 1 N–H and O–H groups in total. The van der Waals surface area contributed by atoms with E-state index in [4.69, 9.17) is 0 Å². The van der Waals surface area contributed by atoms with Gasteiger partial charge in [-0.2, -0.15) is 0 Å². The number of rotatable bonds is 8. The third-order valence-electron chi connectivity index (χ3n) is 8.17. The maximum atomic E-state index is 13.7. The SMILES string of the molecule is CC(C)CC(NC(=O)c1ccc(N(C)C)cc1)C(=O)N1CCC2C1C(=O)CN2C(=O)CC1CCCCC1. The molecule has 0 radical (unpaired) electrons. The summed E-state index contributed by atoms with van der Waals surface area (Å²) in [5.74, 6) is 0.0389. The van der Waals surface area contributed by atoms with Gasteiger partial charge in [0.05, 0.1) is 12.6 Å². The van der Waals surface area contributed by atoms with Gasteiger partial charge in [-0.25, -0.2) is 0 Å². The van der Waals surface area contributed by atoms with Crippen LogP contribution in [0.3, 0.4) is 0 Å². The standard InChI is InChI=1S/C29H42N4O4/c1-19(2)16-23(30-28(36)21-10-12-22(13-11-21)31(3)4)29(37)32-15-14-24-27(32)25(34)18-33(24)26(35)17-20-8-6-5-7-9-20/h10-13,19-20,23-24,27H,5-9,14-18H2,1-4H3,(H,30,36). The van der Waals surface area contributed by atoms with E-state index in [-0.39, 0.29) is 42.0 Å². The largest absolute Gasteiger partial charge is 0.378 e. The molecule has 1 aromatic carbocycles. The molecule has 3 unspecified atom stereocenters. The summed E-state index contributed by atoms with van der Waals surface area (Å²) in [6, 6.07) is 5.67. The second kappa shape index (κ2) is 11.7. The minimum atomic E-state index is -0.723. The normalized spacial score (nSPS) is 22.8. The van der Waals surface area contributed by atoms with Crippen LogP contribution >= 0.6 is 0 Å². The molecule has 3 fully saturated rings. The molecule has 3 amide bonds. The van der Waals surface area contributed by atoms with Gasteiger partial charge in [0, 0.05) is 38.3 Å². The van der Waals surface area contributed by atoms with E-state index in [2.05, 4.69) is 5.32 Å². The Hall–Kier alpha value is -2.90. The number of benzene rings is 1. The van der Waals surface area contributed by atoms with E-state index in [0.717, 1.165) is 18.5 Å². The summed E-state index contributed by atoms with van der Waals surface area (Å²) >= 11 is 0. The number of hydrogen-bond acceptors (Lipinski definition) is 5. The Labute approximate surface area is 220 Å². The van der Waals surface area contributed by atoms with Crippen molar-refractivity contribution in [2.24, 2.45) is 11.8 Å². The number of Topliss-reactive ketones (excluding diaryl/α,β-unsaturated/α-hetero) is 1. The van der Waals surface area contributed by atoms with Gasteiger partial charge in [0.2, 0.25) is 11.8 Å². The molecule has 2 saturated heterocycles. The number of likely N-dealkylation sites (tertiary alicyclic amines) is 2. The van der Waals surface area contributed by atoms with Gasteiger partial charge in [0.25, 0.3) is 5.91 Å². The van der Waals surface area contributed by atoms with E-state index >= 15 is 0 Å². The van der Waals surface area contributed by atoms with Crippen molar-refractivity contribution in [3.8, 4) is 0 Å². The zero-order valence-corrected chi connectivity index (χ0v) is 22.7. The van der Waals surface area contributed by atoms with Crippen molar-refractivity contribution in [3.63, 3.8) is 0 Å². The van der Waals surface area contributed by atoms with E-state index in [0.29, 0.717) is 37.3 Å². The van der Waals surface area contributed by atoms with Crippen LogP contribution in [0.5, 0.6) is 0 Å². The van der Waals surface area contributed by atoms with Crippen LogP contribution in [-0.2, 0) is 14.4 Å². The molecule has 8 heteroatoms. The van der Waals surface area contributed by atoms with Gasteiger partial charge in [-0.1, -0.05) is 33.1 Å². The van der Waals surface area contributed by atoms with Gasteiger partial charge in [0.15, 0.2) is 5.78 Å². The number of hydrogen-bond donors (Lipinski definition) is 1. The molecule has 1 aromatic rings. The Morgan fingerprint density at radius 2 is 1.68 bits per heavy atom. The van der Waals surface area contributed by atoms with Gasteiger partial charge in [-0.3, -0.25) is 19.2 Å². The predicted octanol–water partition coefficient (Wildman–Crippen LogP) is 3.25. The van der Waals surface area contributed by atoms with Gasteiger partial charge in [-0.05, 0) is 61.8 Å². The van der Waals surface area contributed by atoms with Crippen molar-refractivity contribution >= 4 is 29.2 Å². The Morgan fingerprint density at radius 3 is 2.30 bits per heavy atom. The fourth-order valence-corrected chi connectivity index (χ4v) is 6.19. The van der Waals surface area contributed by atoms with E-state index in [1.54, 1.807) is 21.9 Å². The number of fused-ring (bicyclic) bond motifs is 1. The van der Waals surface area contributed by atoms with Crippen LogP contribution in [0.15, 0.2) is 24.3 Å². The average Bonchev–Trinajstić information content (AvgIpc) is 3.45. The summed E-state index contributed by atoms with van der Waals surface area (Å²) < 4.78 is 0. The smallest absolute Gasteiger partial charge is 0.251 e. The zero-order chi connectivity index (χ0) is 26.7. The van der Waals surface area contributed by atoms with Crippen LogP contribution in [0.25, 0.3) is 0 Å². The Bertz CT molecular complexity index is 1000. The van der Waals surface area contributed by atoms with Gasteiger partial charge >= 0.3 is 0 Å². The van der Waals surface area contributed by atoms with Crippen molar-refractivity contribution in [1.82, 2.24) is 15.1 Å². The Kier molecular flexibility index (Phi) is 8.55. The second-order valence-electron chi connectivity index (χ2n) is 11.6. The molecule has 37 heavy (non-hydrogen) atoms. The summed E-state index contributed by atoms with van der Waals surface area (Å²) in [7, 11) is 3.87. The van der Waals surface area contributed by atoms with Crippen LogP contribution in [0.1, 0.15) is 75.6 Å². The van der Waals surface area contributed by atoms with E-state index in [1.165, 1.54) is 19.3 Å². The fraction of sp³-hybridized carbons (Fsp3) is 0.655. The quantitative estimate of drug-likeness (QED) is 0.580. The van der Waals surface area contributed by atoms with E-state index in [1.807, 2.05) is 45.0 Å². The van der Waals surface area contributed by atoms with Gasteiger partial charge < -0.3 is 20.0 Å². The van der Waals surface area contributed by atoms with Crippen molar-refractivity contribution < 1.29 is 19.2 Å². The van der Waals surface area contributed by atoms with Gasteiger partial charge in [-0.15, -0.1) is 0 Å². The first-order valence-corrected chi connectivity index (χ1v) is 13.9. The number of carbonyl (C=O) groups is 4. The van der Waals surface area contributed by atoms with Crippen molar-refractivity contribution in [1.29, 1.82) is 0 Å². The molecular formula is C29H42N4O4. The predicted molar refractivity (Wildman–Crippen MR) is 143 cm³/mol. The first kappa shape index (κ1) is 27.1. The number of carbonyl (C=O) groups excluding carboxylic acids is 4. The monoisotopic (exact) mass is 510 g/mol. The average molecular weight is 511 g/mol. The highest BCUT2D eigenvalue weighted by atomic mass is 16.2. The third-order valence-corrected chi connectivity index (χ3v) is 8.17. The molecule has 1 aliphatic carbocycles. The van der Waals surface area contributed by atoms with Crippen molar-refractivity contribution in [3.05, 3.63) is 29.8 Å². The second-order valence-corrected chi connectivity index (χ2v) is 11.6. The van der Waals surface area contributed by atoms with Crippen LogP contribution < -0.4 is 10.2 Å². The maximum absolute atomic E-state index is 13.7. The molecule has 4 rings (SSSR count). The molecule has 1 saturated carbocycles. The molecular weight excluding hydrogens is 468 g/mol. The maximum Gasteiger partial charge on any atom is 0.251 e. The minimum absolute atomic E-state index is 0.0512. The molecule has 202 valence electrons.